The Morgan fingerprint density at radius 1 is 1.24 bits per heavy atom. The lowest BCUT2D eigenvalue weighted by Gasteiger charge is -2.18. The van der Waals surface area contributed by atoms with Crippen molar-refractivity contribution in [1.82, 2.24) is 0 Å². The molecule has 1 aliphatic rings. The highest BCUT2D eigenvalue weighted by molar-refractivity contribution is 7.92. The molecule has 0 aliphatic heterocycles. The number of hydrogen-bond donors (Lipinski definition) is 1. The molecule has 2 unspecified atom stereocenters. The van der Waals surface area contributed by atoms with Gasteiger partial charge in [-0.25, -0.2) is 8.42 Å². The molecule has 0 spiro atoms. The van der Waals surface area contributed by atoms with Gasteiger partial charge in [0.1, 0.15) is 0 Å². The molecule has 2 N–H and O–H groups in total. The van der Waals surface area contributed by atoms with E-state index in [0.717, 1.165) is 24.0 Å². The lowest BCUT2D eigenvalue weighted by atomic mass is 10.2. The highest BCUT2D eigenvalue weighted by Crippen LogP contribution is 2.30. The molecule has 3 nitrogen and oxygen atoms in total. The molecule has 4 heteroatoms. The third-order valence-electron chi connectivity index (χ3n) is 3.55. The van der Waals surface area contributed by atoms with Crippen molar-refractivity contribution >= 4 is 9.84 Å². The van der Waals surface area contributed by atoms with E-state index in [2.05, 4.69) is 0 Å². The average Bonchev–Trinajstić information content (AvgIpc) is 2.68. The summed E-state index contributed by atoms with van der Waals surface area (Å²) < 4.78 is 25.1. The largest absolute Gasteiger partial charge is 0.327 e. The van der Waals surface area contributed by atoms with Gasteiger partial charge in [0, 0.05) is 6.04 Å². The highest BCUT2D eigenvalue weighted by Gasteiger charge is 2.36. The molecule has 2 atom stereocenters. The molecule has 1 aromatic carbocycles. The minimum atomic E-state index is -3.27. The van der Waals surface area contributed by atoms with Crippen LogP contribution in [0.5, 0.6) is 0 Å². The molecule has 0 aromatic heterocycles. The maximum absolute atomic E-state index is 12.5. The number of aryl methyl sites for hydroxylation is 2. The van der Waals surface area contributed by atoms with Gasteiger partial charge in [-0.3, -0.25) is 0 Å². The summed E-state index contributed by atoms with van der Waals surface area (Å²) in [7, 11) is -3.27. The Bertz CT molecular complexity index is 522. The van der Waals surface area contributed by atoms with Gasteiger partial charge in [-0.2, -0.15) is 0 Å². The minimum Gasteiger partial charge on any atom is -0.327 e. The predicted molar refractivity (Wildman–Crippen MR) is 68.7 cm³/mol. The number of nitrogens with two attached hydrogens (primary N) is 1. The zero-order valence-electron chi connectivity index (χ0n) is 10.3. The molecule has 0 radical (unpaired) electrons. The zero-order chi connectivity index (χ0) is 12.6. The number of rotatable bonds is 2. The molecule has 1 aromatic rings. The lowest BCUT2D eigenvalue weighted by molar-refractivity contribution is 0.567. The summed E-state index contributed by atoms with van der Waals surface area (Å²) in [4.78, 5) is 0.458. The maximum Gasteiger partial charge on any atom is 0.183 e. The van der Waals surface area contributed by atoms with Crippen molar-refractivity contribution in [3.8, 4) is 0 Å². The van der Waals surface area contributed by atoms with Gasteiger partial charge in [-0.15, -0.1) is 0 Å². The monoisotopic (exact) mass is 253 g/mol. The van der Waals surface area contributed by atoms with E-state index in [9.17, 15) is 8.42 Å². The first kappa shape index (κ1) is 12.6. The first-order chi connectivity index (χ1) is 7.93. The van der Waals surface area contributed by atoms with Gasteiger partial charge >= 0.3 is 0 Å². The van der Waals surface area contributed by atoms with Gasteiger partial charge in [-0.05, 0) is 43.9 Å². The van der Waals surface area contributed by atoms with Crippen LogP contribution < -0.4 is 5.73 Å². The molecule has 0 amide bonds. The molecule has 94 valence electrons. The van der Waals surface area contributed by atoms with E-state index >= 15 is 0 Å². The van der Waals surface area contributed by atoms with Crippen molar-refractivity contribution in [2.24, 2.45) is 5.73 Å². The Labute approximate surface area is 103 Å². The summed E-state index contributed by atoms with van der Waals surface area (Å²) in [6.45, 7) is 3.75. The van der Waals surface area contributed by atoms with Crippen LogP contribution in [0.15, 0.2) is 23.1 Å². The van der Waals surface area contributed by atoms with Crippen molar-refractivity contribution in [3.05, 3.63) is 29.3 Å². The van der Waals surface area contributed by atoms with Gasteiger partial charge in [0.2, 0.25) is 0 Å². The molecular weight excluding hydrogens is 234 g/mol. The molecule has 1 aliphatic carbocycles. The van der Waals surface area contributed by atoms with Crippen LogP contribution in [0.3, 0.4) is 0 Å². The topological polar surface area (TPSA) is 60.2 Å². The standard InChI is InChI=1S/C13H19NO2S/c1-9-6-7-10(2)13(8-9)17(15,16)12-5-3-4-11(12)14/h6-8,11-12H,3-5,14H2,1-2H3. The van der Waals surface area contributed by atoms with Crippen LogP contribution >= 0.6 is 0 Å². The van der Waals surface area contributed by atoms with Gasteiger partial charge < -0.3 is 5.73 Å². The second-order valence-electron chi connectivity index (χ2n) is 4.95. The summed E-state index contributed by atoms with van der Waals surface area (Å²) >= 11 is 0. The lowest BCUT2D eigenvalue weighted by Crippen LogP contribution is -2.36. The van der Waals surface area contributed by atoms with Crippen LogP contribution in [0.25, 0.3) is 0 Å². The number of hydrogen-bond acceptors (Lipinski definition) is 3. The van der Waals surface area contributed by atoms with E-state index in [1.165, 1.54) is 0 Å². The fourth-order valence-electron chi connectivity index (χ4n) is 2.52. The SMILES string of the molecule is Cc1ccc(C)c(S(=O)(=O)C2CCCC2N)c1. The van der Waals surface area contributed by atoms with Crippen molar-refractivity contribution < 1.29 is 8.42 Å². The van der Waals surface area contributed by atoms with Crippen LogP contribution in [0, 0.1) is 13.8 Å². The first-order valence-electron chi connectivity index (χ1n) is 5.99. The fraction of sp³-hybridized carbons (Fsp3) is 0.538. The third-order valence-corrected chi connectivity index (χ3v) is 5.99. The second-order valence-corrected chi connectivity index (χ2v) is 7.08. The van der Waals surface area contributed by atoms with Crippen molar-refractivity contribution in [3.63, 3.8) is 0 Å². The van der Waals surface area contributed by atoms with E-state index in [-0.39, 0.29) is 6.04 Å². The number of sulfone groups is 1. The Morgan fingerprint density at radius 2 is 1.94 bits per heavy atom. The Hall–Kier alpha value is -0.870. The van der Waals surface area contributed by atoms with E-state index < -0.39 is 15.1 Å². The quantitative estimate of drug-likeness (QED) is 0.876. The van der Waals surface area contributed by atoms with E-state index in [0.29, 0.717) is 11.3 Å². The molecule has 0 heterocycles. The summed E-state index contributed by atoms with van der Waals surface area (Å²) in [6, 6.07) is 5.35. The van der Waals surface area contributed by atoms with Crippen molar-refractivity contribution in [2.45, 2.75) is 49.3 Å². The maximum atomic E-state index is 12.5. The molecule has 1 fully saturated rings. The van der Waals surface area contributed by atoms with Crippen LogP contribution in [-0.2, 0) is 9.84 Å². The summed E-state index contributed by atoms with van der Waals surface area (Å²) in [5.74, 6) is 0. The molecule has 0 bridgehead atoms. The third kappa shape index (κ3) is 2.24. The summed E-state index contributed by atoms with van der Waals surface area (Å²) in [5, 5.41) is -0.400. The fourth-order valence-corrected chi connectivity index (χ4v) is 4.78. The second kappa shape index (κ2) is 4.42. The highest BCUT2D eigenvalue weighted by atomic mass is 32.2. The van der Waals surface area contributed by atoms with Gasteiger partial charge in [-0.1, -0.05) is 18.6 Å². The predicted octanol–water partition coefficient (Wildman–Crippen LogP) is 1.96. The van der Waals surface area contributed by atoms with Crippen molar-refractivity contribution in [1.29, 1.82) is 0 Å². The smallest absolute Gasteiger partial charge is 0.183 e. The van der Waals surface area contributed by atoms with Gasteiger partial charge in [0.05, 0.1) is 10.1 Å². The van der Waals surface area contributed by atoms with E-state index in [1.807, 2.05) is 26.0 Å². The normalized spacial score (nSPS) is 25.1. The summed E-state index contributed by atoms with van der Waals surface area (Å²) in [5.41, 5.74) is 7.70. The molecule has 0 saturated heterocycles. The van der Waals surface area contributed by atoms with Crippen molar-refractivity contribution in [2.75, 3.05) is 0 Å². The Kier molecular flexibility index (Phi) is 3.27. The molecule has 2 rings (SSSR count). The Balaban J connectivity index is 2.48. The van der Waals surface area contributed by atoms with E-state index in [1.54, 1.807) is 6.07 Å². The van der Waals surface area contributed by atoms with Crippen LogP contribution in [-0.4, -0.2) is 19.7 Å². The van der Waals surface area contributed by atoms with Crippen LogP contribution in [0.2, 0.25) is 0 Å². The molecule has 17 heavy (non-hydrogen) atoms. The molecular formula is C13H19NO2S. The van der Waals surface area contributed by atoms with E-state index in [4.69, 9.17) is 5.73 Å². The minimum absolute atomic E-state index is 0.208. The van der Waals surface area contributed by atoms with Gasteiger partial charge in [0.25, 0.3) is 0 Å². The zero-order valence-corrected chi connectivity index (χ0v) is 11.1. The van der Waals surface area contributed by atoms with Gasteiger partial charge in [0.15, 0.2) is 9.84 Å². The van der Waals surface area contributed by atoms with Crippen LogP contribution in [0.4, 0.5) is 0 Å². The summed E-state index contributed by atoms with van der Waals surface area (Å²) in [6.07, 6.45) is 2.42. The average molecular weight is 253 g/mol. The number of benzene rings is 1. The first-order valence-corrected chi connectivity index (χ1v) is 7.54. The molecule has 1 saturated carbocycles. The van der Waals surface area contributed by atoms with Crippen LogP contribution in [0.1, 0.15) is 30.4 Å². The Morgan fingerprint density at radius 3 is 2.53 bits per heavy atom.